The molecule has 0 unspecified atom stereocenters. The third-order valence-electron chi connectivity index (χ3n) is 6.29. The molecule has 1 fully saturated rings. The summed E-state index contributed by atoms with van der Waals surface area (Å²) in [4.78, 5) is 20.7. The molecule has 1 aromatic carbocycles. The number of anilines is 1. The van der Waals surface area contributed by atoms with Gasteiger partial charge in [0.15, 0.2) is 17.5 Å². The van der Waals surface area contributed by atoms with Crippen molar-refractivity contribution in [3.05, 3.63) is 66.1 Å². The zero-order valence-electron chi connectivity index (χ0n) is 19.4. The Morgan fingerprint density at radius 1 is 1.13 bits per heavy atom. The van der Waals surface area contributed by atoms with Crippen LogP contribution >= 0.6 is 0 Å². The van der Waals surface area contributed by atoms with Crippen LogP contribution < -0.4 is 4.90 Å². The van der Waals surface area contributed by atoms with E-state index in [4.69, 9.17) is 4.52 Å². The van der Waals surface area contributed by atoms with Gasteiger partial charge in [0.05, 0.1) is 24.4 Å². The maximum atomic E-state index is 14.8. The lowest BCUT2D eigenvalue weighted by Gasteiger charge is -2.40. The SMILES string of the molecule is O=C(O)[C@H]1[C@@H](C(F)(F)F)CCCN1c1nc(-c2cc(-c3ccon3)n(Cc3ccccc3F)n2)ncc1F. The Morgan fingerprint density at radius 3 is 2.61 bits per heavy atom. The van der Waals surface area contributed by atoms with E-state index in [1.165, 1.54) is 35.2 Å². The smallest absolute Gasteiger partial charge is 0.394 e. The van der Waals surface area contributed by atoms with Gasteiger partial charge in [-0.05, 0) is 25.0 Å². The van der Waals surface area contributed by atoms with Crippen molar-refractivity contribution in [1.29, 1.82) is 0 Å². The number of hydrogen-bond acceptors (Lipinski definition) is 7. The number of carboxylic acid groups (broad SMARTS) is 1. The average Bonchev–Trinajstić information content (AvgIpc) is 3.55. The second-order valence-corrected chi connectivity index (χ2v) is 8.68. The van der Waals surface area contributed by atoms with Gasteiger partial charge in [-0.15, -0.1) is 0 Å². The number of alkyl halides is 3. The summed E-state index contributed by atoms with van der Waals surface area (Å²) < 4.78 is 76.3. The number of nitrogens with zero attached hydrogens (tertiary/aromatic N) is 6. The zero-order chi connectivity index (χ0) is 27.0. The normalized spacial score (nSPS) is 18.1. The first-order valence-corrected chi connectivity index (χ1v) is 11.4. The standard InChI is InChI=1S/C24H19F5N6O3/c25-15-6-2-1-4-13(15)12-35-19(17-7-9-38-33-17)10-18(32-35)21-30-11-16(26)22(31-21)34-8-3-5-14(24(27,28)29)20(34)23(36)37/h1-2,4,6-7,9-11,14,20H,3,5,8,12H2,(H,36,37)/t14-,20+/m0/s1. The van der Waals surface area contributed by atoms with Gasteiger partial charge in [-0.3, -0.25) is 4.68 Å². The van der Waals surface area contributed by atoms with Gasteiger partial charge >= 0.3 is 12.1 Å². The first kappa shape index (κ1) is 25.3. The Labute approximate surface area is 211 Å². The lowest BCUT2D eigenvalue weighted by Crippen LogP contribution is -2.55. The number of carboxylic acids is 1. The molecule has 0 spiro atoms. The molecule has 1 saturated heterocycles. The summed E-state index contributed by atoms with van der Waals surface area (Å²) in [5.74, 6) is -6.25. The molecule has 1 aliphatic heterocycles. The first-order chi connectivity index (χ1) is 18.1. The number of rotatable bonds is 6. The number of benzene rings is 1. The van der Waals surface area contributed by atoms with Crippen LogP contribution in [0.25, 0.3) is 22.9 Å². The van der Waals surface area contributed by atoms with Crippen LogP contribution in [0, 0.1) is 17.6 Å². The van der Waals surface area contributed by atoms with Crippen LogP contribution in [0.5, 0.6) is 0 Å². The molecule has 1 N–H and O–H groups in total. The van der Waals surface area contributed by atoms with Crippen LogP contribution in [0.2, 0.25) is 0 Å². The van der Waals surface area contributed by atoms with E-state index in [2.05, 4.69) is 20.2 Å². The summed E-state index contributed by atoms with van der Waals surface area (Å²) in [6, 6.07) is 7.00. The van der Waals surface area contributed by atoms with Gasteiger partial charge in [0.25, 0.3) is 0 Å². The van der Waals surface area contributed by atoms with E-state index in [0.717, 1.165) is 11.1 Å². The molecule has 0 amide bonds. The van der Waals surface area contributed by atoms with Crippen molar-refractivity contribution in [3.63, 3.8) is 0 Å². The number of hydrogen-bond donors (Lipinski definition) is 1. The van der Waals surface area contributed by atoms with Gasteiger partial charge in [-0.2, -0.15) is 18.3 Å². The van der Waals surface area contributed by atoms with Crippen molar-refractivity contribution >= 4 is 11.8 Å². The molecule has 0 saturated carbocycles. The fraction of sp³-hybridized carbons (Fsp3) is 0.292. The van der Waals surface area contributed by atoms with Crippen molar-refractivity contribution in [2.24, 2.45) is 5.92 Å². The van der Waals surface area contributed by atoms with Crippen molar-refractivity contribution in [2.45, 2.75) is 31.6 Å². The third-order valence-corrected chi connectivity index (χ3v) is 6.29. The summed E-state index contributed by atoms with van der Waals surface area (Å²) in [7, 11) is 0. The molecule has 5 rings (SSSR count). The number of aliphatic carboxylic acids is 1. The minimum Gasteiger partial charge on any atom is -0.480 e. The monoisotopic (exact) mass is 534 g/mol. The molecule has 9 nitrogen and oxygen atoms in total. The van der Waals surface area contributed by atoms with Crippen LogP contribution in [0.15, 0.2) is 53.4 Å². The number of halogens is 5. The molecule has 3 aromatic heterocycles. The van der Waals surface area contributed by atoms with E-state index in [1.807, 2.05) is 0 Å². The summed E-state index contributed by atoms with van der Waals surface area (Å²) in [6.45, 7) is -0.174. The van der Waals surface area contributed by atoms with E-state index < -0.39 is 48.0 Å². The van der Waals surface area contributed by atoms with E-state index in [0.29, 0.717) is 17.0 Å². The largest absolute Gasteiger partial charge is 0.480 e. The quantitative estimate of drug-likeness (QED) is 0.359. The van der Waals surface area contributed by atoms with Gasteiger partial charge in [0, 0.05) is 18.2 Å². The van der Waals surface area contributed by atoms with E-state index in [-0.39, 0.29) is 31.0 Å². The van der Waals surface area contributed by atoms with Gasteiger partial charge in [-0.1, -0.05) is 23.4 Å². The maximum Gasteiger partial charge on any atom is 0.394 e. The van der Waals surface area contributed by atoms with Crippen molar-refractivity contribution in [1.82, 2.24) is 24.9 Å². The topological polar surface area (TPSA) is 110 Å². The molecule has 0 aliphatic carbocycles. The average molecular weight is 534 g/mol. The lowest BCUT2D eigenvalue weighted by atomic mass is 9.88. The van der Waals surface area contributed by atoms with E-state index in [9.17, 15) is 31.9 Å². The predicted octanol–water partition coefficient (Wildman–Crippen LogP) is 4.55. The number of carbonyl (C=O) groups is 1. The van der Waals surface area contributed by atoms with E-state index >= 15 is 0 Å². The second-order valence-electron chi connectivity index (χ2n) is 8.68. The molecule has 38 heavy (non-hydrogen) atoms. The molecule has 1 aliphatic rings. The lowest BCUT2D eigenvalue weighted by molar-refractivity contribution is -0.192. The van der Waals surface area contributed by atoms with Gasteiger partial charge in [0.1, 0.15) is 29.5 Å². The van der Waals surface area contributed by atoms with Crippen LogP contribution in [-0.2, 0) is 11.3 Å². The molecule has 198 valence electrons. The maximum absolute atomic E-state index is 14.8. The Hall–Kier alpha value is -4.36. The summed E-state index contributed by atoms with van der Waals surface area (Å²) in [5, 5.41) is 17.9. The molecule has 2 atom stereocenters. The molecule has 4 heterocycles. The fourth-order valence-corrected chi connectivity index (χ4v) is 4.55. The van der Waals surface area contributed by atoms with Gasteiger partial charge in [-0.25, -0.2) is 23.5 Å². The molecule has 0 bridgehead atoms. The Morgan fingerprint density at radius 2 is 1.92 bits per heavy atom. The zero-order valence-corrected chi connectivity index (χ0v) is 19.4. The summed E-state index contributed by atoms with van der Waals surface area (Å²) >= 11 is 0. The van der Waals surface area contributed by atoms with E-state index in [1.54, 1.807) is 12.1 Å². The highest BCUT2D eigenvalue weighted by atomic mass is 19.4. The highest BCUT2D eigenvalue weighted by molar-refractivity contribution is 5.79. The van der Waals surface area contributed by atoms with Crippen molar-refractivity contribution in [2.75, 3.05) is 11.4 Å². The first-order valence-electron chi connectivity index (χ1n) is 11.4. The number of aromatic nitrogens is 5. The summed E-state index contributed by atoms with van der Waals surface area (Å²) in [5.41, 5.74) is 1.11. The Balaban J connectivity index is 1.56. The Kier molecular flexibility index (Phi) is 6.55. The predicted molar refractivity (Wildman–Crippen MR) is 122 cm³/mol. The van der Waals surface area contributed by atoms with Crippen molar-refractivity contribution in [3.8, 4) is 22.9 Å². The molecular weight excluding hydrogens is 515 g/mol. The van der Waals surface area contributed by atoms with Crippen molar-refractivity contribution < 1.29 is 36.4 Å². The van der Waals surface area contributed by atoms with Gasteiger partial charge in [0.2, 0.25) is 0 Å². The van der Waals surface area contributed by atoms with Crippen LogP contribution in [0.4, 0.5) is 27.8 Å². The fourth-order valence-electron chi connectivity index (χ4n) is 4.55. The van der Waals surface area contributed by atoms with Crippen LogP contribution in [0.1, 0.15) is 18.4 Å². The number of piperidine rings is 1. The Bertz CT molecular complexity index is 1460. The van der Waals surface area contributed by atoms with Crippen LogP contribution in [-0.4, -0.2) is 54.7 Å². The minimum atomic E-state index is -4.80. The summed E-state index contributed by atoms with van der Waals surface area (Å²) in [6.07, 6.45) is -3.15. The molecule has 14 heteroatoms. The highest BCUT2D eigenvalue weighted by Gasteiger charge is 2.52. The third kappa shape index (κ3) is 4.80. The highest BCUT2D eigenvalue weighted by Crippen LogP contribution is 2.40. The second kappa shape index (κ2) is 9.84. The molecule has 0 radical (unpaired) electrons. The van der Waals surface area contributed by atoms with Gasteiger partial charge < -0.3 is 14.5 Å². The molecular formula is C24H19F5N6O3. The molecule has 4 aromatic rings. The van der Waals surface area contributed by atoms with Crippen LogP contribution in [0.3, 0.4) is 0 Å². The minimum absolute atomic E-state index is 0.0136.